The predicted octanol–water partition coefficient (Wildman–Crippen LogP) is 1.50. The molecule has 1 amide bonds. The Morgan fingerprint density at radius 2 is 1.94 bits per heavy atom. The molecule has 0 aliphatic heterocycles. The third-order valence-electron chi connectivity index (χ3n) is 2.33. The van der Waals surface area contributed by atoms with Crippen LogP contribution in [0.4, 0.5) is 0 Å². The number of rotatable bonds is 10. The minimum atomic E-state index is -1.05. The molecular formula is C13H21NO4. The molecule has 0 spiro atoms. The van der Waals surface area contributed by atoms with Crippen LogP contribution in [0.15, 0.2) is 25.3 Å². The molecule has 5 heteroatoms. The highest BCUT2D eigenvalue weighted by Crippen LogP contribution is 2.01. The lowest BCUT2D eigenvalue weighted by Gasteiger charge is -2.17. The van der Waals surface area contributed by atoms with Crippen molar-refractivity contribution in [3.8, 4) is 0 Å². The summed E-state index contributed by atoms with van der Waals surface area (Å²) >= 11 is 0. The molecular weight excluding hydrogens is 234 g/mol. The van der Waals surface area contributed by atoms with Crippen molar-refractivity contribution < 1.29 is 19.4 Å². The molecule has 0 fully saturated rings. The summed E-state index contributed by atoms with van der Waals surface area (Å²) in [6.07, 6.45) is 4.14. The van der Waals surface area contributed by atoms with E-state index < -0.39 is 24.0 Å². The summed E-state index contributed by atoms with van der Waals surface area (Å²) < 4.78 is 5.23. The van der Waals surface area contributed by atoms with Gasteiger partial charge in [-0.15, -0.1) is 13.2 Å². The van der Waals surface area contributed by atoms with Gasteiger partial charge in [-0.25, -0.2) is 4.79 Å². The average molecular weight is 255 g/mol. The van der Waals surface area contributed by atoms with Crippen molar-refractivity contribution in [1.29, 1.82) is 0 Å². The summed E-state index contributed by atoms with van der Waals surface area (Å²) in [6, 6.07) is -0.902. The van der Waals surface area contributed by atoms with Crippen LogP contribution in [0.3, 0.4) is 0 Å². The Balaban J connectivity index is 4.17. The number of amides is 1. The van der Waals surface area contributed by atoms with Crippen LogP contribution in [0.25, 0.3) is 0 Å². The second-order valence-electron chi connectivity index (χ2n) is 3.86. The number of hydrogen-bond donors (Lipinski definition) is 2. The SMILES string of the molecule is C=CCCOC(C)C(=O)NC(CCC=C)C(=O)O. The third-order valence-corrected chi connectivity index (χ3v) is 2.33. The molecule has 0 bridgehead atoms. The number of aliphatic carboxylic acids is 1. The predicted molar refractivity (Wildman–Crippen MR) is 69.2 cm³/mol. The molecule has 2 N–H and O–H groups in total. The monoisotopic (exact) mass is 255 g/mol. The molecule has 102 valence electrons. The van der Waals surface area contributed by atoms with Gasteiger partial charge < -0.3 is 15.2 Å². The van der Waals surface area contributed by atoms with Crippen LogP contribution in [0.5, 0.6) is 0 Å². The number of hydrogen-bond acceptors (Lipinski definition) is 3. The molecule has 0 saturated carbocycles. The summed E-state index contributed by atoms with van der Waals surface area (Å²) in [6.45, 7) is 9.04. The zero-order chi connectivity index (χ0) is 14.0. The van der Waals surface area contributed by atoms with E-state index in [-0.39, 0.29) is 0 Å². The summed E-state index contributed by atoms with van der Waals surface area (Å²) in [5, 5.41) is 11.4. The lowest BCUT2D eigenvalue weighted by molar-refractivity contribution is -0.144. The number of ether oxygens (including phenoxy) is 1. The Morgan fingerprint density at radius 1 is 1.33 bits per heavy atom. The first-order chi connectivity index (χ1) is 8.52. The van der Waals surface area contributed by atoms with Gasteiger partial charge in [-0.1, -0.05) is 12.2 Å². The van der Waals surface area contributed by atoms with Gasteiger partial charge in [0.2, 0.25) is 5.91 Å². The first kappa shape index (κ1) is 16.4. The van der Waals surface area contributed by atoms with E-state index in [1.807, 2.05) is 0 Å². The van der Waals surface area contributed by atoms with Crippen LogP contribution in [-0.2, 0) is 14.3 Å². The second kappa shape index (κ2) is 9.41. The van der Waals surface area contributed by atoms with Crippen LogP contribution >= 0.6 is 0 Å². The summed E-state index contributed by atoms with van der Waals surface area (Å²) in [7, 11) is 0. The van der Waals surface area contributed by atoms with E-state index >= 15 is 0 Å². The summed E-state index contributed by atoms with van der Waals surface area (Å²) in [5.74, 6) is -1.47. The van der Waals surface area contributed by atoms with Crippen molar-refractivity contribution >= 4 is 11.9 Å². The van der Waals surface area contributed by atoms with E-state index in [4.69, 9.17) is 9.84 Å². The highest BCUT2D eigenvalue weighted by atomic mass is 16.5. The highest BCUT2D eigenvalue weighted by molar-refractivity contribution is 5.86. The fraction of sp³-hybridized carbons (Fsp3) is 0.538. The first-order valence-corrected chi connectivity index (χ1v) is 5.89. The number of carboxylic acid groups (broad SMARTS) is 1. The van der Waals surface area contributed by atoms with E-state index in [2.05, 4.69) is 18.5 Å². The smallest absolute Gasteiger partial charge is 0.326 e. The van der Waals surface area contributed by atoms with Gasteiger partial charge in [0.1, 0.15) is 12.1 Å². The van der Waals surface area contributed by atoms with Crippen molar-refractivity contribution in [3.05, 3.63) is 25.3 Å². The molecule has 0 rings (SSSR count). The van der Waals surface area contributed by atoms with E-state index in [0.717, 1.165) is 0 Å². The minimum absolute atomic E-state index is 0.323. The maximum absolute atomic E-state index is 11.7. The standard InChI is InChI=1S/C13H21NO4/c1-4-6-8-11(13(16)17)14-12(15)10(3)18-9-7-5-2/h4-5,10-11H,1-2,6-9H2,3H3,(H,14,15)(H,16,17). The largest absolute Gasteiger partial charge is 0.480 e. The molecule has 0 heterocycles. The number of carbonyl (C=O) groups excluding carboxylic acids is 1. The van der Waals surface area contributed by atoms with Gasteiger partial charge in [0, 0.05) is 0 Å². The lowest BCUT2D eigenvalue weighted by Crippen LogP contribution is -2.45. The summed E-state index contributed by atoms with van der Waals surface area (Å²) in [5.41, 5.74) is 0. The fourth-order valence-electron chi connectivity index (χ4n) is 1.23. The first-order valence-electron chi connectivity index (χ1n) is 5.89. The van der Waals surface area contributed by atoms with Gasteiger partial charge in [-0.2, -0.15) is 0 Å². The average Bonchev–Trinajstić information content (AvgIpc) is 2.33. The second-order valence-corrected chi connectivity index (χ2v) is 3.86. The molecule has 0 radical (unpaired) electrons. The number of allylic oxidation sites excluding steroid dienone is 1. The topological polar surface area (TPSA) is 75.6 Å². The lowest BCUT2D eigenvalue weighted by atomic mass is 10.1. The molecule has 0 saturated heterocycles. The Morgan fingerprint density at radius 3 is 2.44 bits per heavy atom. The Hall–Kier alpha value is -1.62. The molecule has 0 aromatic heterocycles. The number of carbonyl (C=O) groups is 2. The van der Waals surface area contributed by atoms with Crippen LogP contribution in [0, 0.1) is 0 Å². The van der Waals surface area contributed by atoms with Crippen molar-refractivity contribution in [2.24, 2.45) is 0 Å². The van der Waals surface area contributed by atoms with Crippen LogP contribution < -0.4 is 5.32 Å². The number of nitrogens with one attached hydrogen (secondary N) is 1. The zero-order valence-electron chi connectivity index (χ0n) is 10.7. The van der Waals surface area contributed by atoms with E-state index in [1.54, 1.807) is 19.1 Å². The Labute approximate surface area is 108 Å². The van der Waals surface area contributed by atoms with Gasteiger partial charge in [-0.3, -0.25) is 4.79 Å². The van der Waals surface area contributed by atoms with Crippen LogP contribution in [0.2, 0.25) is 0 Å². The molecule has 2 atom stereocenters. The zero-order valence-corrected chi connectivity index (χ0v) is 10.7. The minimum Gasteiger partial charge on any atom is -0.480 e. The van der Waals surface area contributed by atoms with Gasteiger partial charge in [0.25, 0.3) is 0 Å². The third kappa shape index (κ3) is 6.85. The van der Waals surface area contributed by atoms with Crippen LogP contribution in [0.1, 0.15) is 26.2 Å². The van der Waals surface area contributed by atoms with Crippen molar-refractivity contribution in [2.45, 2.75) is 38.3 Å². The molecule has 0 aliphatic rings. The molecule has 0 aromatic rings. The molecule has 5 nitrogen and oxygen atoms in total. The van der Waals surface area contributed by atoms with E-state index in [1.165, 1.54) is 0 Å². The van der Waals surface area contributed by atoms with Gasteiger partial charge in [0.05, 0.1) is 6.61 Å². The molecule has 0 aromatic carbocycles. The van der Waals surface area contributed by atoms with Crippen molar-refractivity contribution in [3.63, 3.8) is 0 Å². The molecule has 0 aliphatic carbocycles. The fourth-order valence-corrected chi connectivity index (χ4v) is 1.23. The highest BCUT2D eigenvalue weighted by Gasteiger charge is 2.22. The Bertz CT molecular complexity index is 301. The van der Waals surface area contributed by atoms with Gasteiger partial charge in [0.15, 0.2) is 0 Å². The maximum Gasteiger partial charge on any atom is 0.326 e. The van der Waals surface area contributed by atoms with Gasteiger partial charge in [-0.05, 0) is 26.2 Å². The quantitative estimate of drug-likeness (QED) is 0.458. The summed E-state index contributed by atoms with van der Waals surface area (Å²) in [4.78, 5) is 22.6. The van der Waals surface area contributed by atoms with E-state index in [0.29, 0.717) is 25.9 Å². The molecule has 18 heavy (non-hydrogen) atoms. The van der Waals surface area contributed by atoms with Crippen molar-refractivity contribution in [1.82, 2.24) is 5.32 Å². The van der Waals surface area contributed by atoms with Gasteiger partial charge >= 0.3 is 5.97 Å². The van der Waals surface area contributed by atoms with Crippen molar-refractivity contribution in [2.75, 3.05) is 6.61 Å². The van der Waals surface area contributed by atoms with Crippen LogP contribution in [-0.4, -0.2) is 35.7 Å². The van der Waals surface area contributed by atoms with E-state index in [9.17, 15) is 9.59 Å². The molecule has 2 unspecified atom stereocenters. The maximum atomic E-state index is 11.7. The number of carboxylic acids is 1. The normalized spacial score (nSPS) is 13.4. The Kier molecular flexibility index (Phi) is 8.57.